The Balaban J connectivity index is 0. The summed E-state index contributed by atoms with van der Waals surface area (Å²) in [6.45, 7) is 9.47. The zero-order chi connectivity index (χ0) is 15.6. The fourth-order valence-corrected chi connectivity index (χ4v) is 1.77. The summed E-state index contributed by atoms with van der Waals surface area (Å²) in [5, 5.41) is 0. The maximum Gasteiger partial charge on any atom is 0.0106 e. The van der Waals surface area contributed by atoms with E-state index in [4.69, 9.17) is 34.4 Å². The van der Waals surface area contributed by atoms with Crippen molar-refractivity contribution in [2.45, 2.75) is 0 Å². The van der Waals surface area contributed by atoms with Gasteiger partial charge in [-0.2, -0.15) is 0 Å². The summed E-state index contributed by atoms with van der Waals surface area (Å²) in [4.78, 5) is 4.33. The molecule has 20 heavy (non-hydrogen) atoms. The van der Waals surface area contributed by atoms with Gasteiger partial charge in [0.05, 0.1) is 0 Å². The van der Waals surface area contributed by atoms with Crippen LogP contribution in [0.5, 0.6) is 0 Å². The Labute approximate surface area is 123 Å². The quantitative estimate of drug-likeness (QED) is 0.214. The van der Waals surface area contributed by atoms with Crippen molar-refractivity contribution in [2.24, 2.45) is 34.4 Å². The molecule has 0 aliphatic rings. The van der Waals surface area contributed by atoms with E-state index >= 15 is 0 Å². The molecule has 8 heteroatoms. The van der Waals surface area contributed by atoms with E-state index in [1.165, 1.54) is 0 Å². The molecule has 0 heterocycles. The van der Waals surface area contributed by atoms with E-state index in [9.17, 15) is 0 Å². The molecular formula is C12H36N8. The van der Waals surface area contributed by atoms with E-state index < -0.39 is 0 Å². The number of nitrogens with two attached hydrogens (primary N) is 6. The predicted molar refractivity (Wildman–Crippen MR) is 87.2 cm³/mol. The molecule has 0 bridgehead atoms. The van der Waals surface area contributed by atoms with E-state index in [2.05, 4.69) is 9.80 Å². The fourth-order valence-electron chi connectivity index (χ4n) is 1.77. The second-order valence-electron chi connectivity index (χ2n) is 4.42. The minimum absolute atomic E-state index is 0.681. The van der Waals surface area contributed by atoms with Crippen LogP contribution in [0, 0.1) is 0 Å². The van der Waals surface area contributed by atoms with E-state index in [1.807, 2.05) is 0 Å². The lowest BCUT2D eigenvalue weighted by atomic mass is 10.4. The van der Waals surface area contributed by atoms with Gasteiger partial charge in [-0.25, -0.2) is 0 Å². The molecule has 0 aromatic rings. The molecule has 12 N–H and O–H groups in total. The van der Waals surface area contributed by atoms with E-state index in [0.717, 1.165) is 39.3 Å². The van der Waals surface area contributed by atoms with E-state index in [1.54, 1.807) is 0 Å². The van der Waals surface area contributed by atoms with Gasteiger partial charge in [0.2, 0.25) is 0 Å². The predicted octanol–water partition coefficient (Wildman–Crippen LogP) is -3.67. The zero-order valence-corrected chi connectivity index (χ0v) is 12.8. The fraction of sp³-hybridized carbons (Fsp3) is 1.00. The third-order valence-electron chi connectivity index (χ3n) is 2.67. The minimum atomic E-state index is 0.681. The summed E-state index contributed by atoms with van der Waals surface area (Å²) in [5.74, 6) is 0. The van der Waals surface area contributed by atoms with Crippen LogP contribution < -0.4 is 34.4 Å². The molecule has 0 fully saturated rings. The first-order chi connectivity index (χ1) is 9.69. The lowest BCUT2D eigenvalue weighted by Crippen LogP contribution is -2.37. The van der Waals surface area contributed by atoms with Crippen LogP contribution in [0.2, 0.25) is 0 Å². The number of nitrogens with zero attached hydrogens (tertiary/aromatic N) is 2. The van der Waals surface area contributed by atoms with Crippen molar-refractivity contribution in [1.82, 2.24) is 9.80 Å². The summed E-state index contributed by atoms with van der Waals surface area (Å²) in [6.07, 6.45) is 0. The topological polar surface area (TPSA) is 163 Å². The molecule has 0 aromatic heterocycles. The molecule has 0 amide bonds. The Morgan fingerprint density at radius 2 is 0.500 bits per heavy atom. The van der Waals surface area contributed by atoms with Crippen molar-refractivity contribution in [2.75, 3.05) is 78.5 Å². The van der Waals surface area contributed by atoms with Gasteiger partial charge < -0.3 is 34.4 Å². The van der Waals surface area contributed by atoms with Crippen LogP contribution >= 0.6 is 0 Å². The molecular weight excluding hydrogens is 256 g/mol. The van der Waals surface area contributed by atoms with Crippen LogP contribution in [0.4, 0.5) is 0 Å². The SMILES string of the molecule is NCCN(CCN)CCN.NCCN(CCN)CCN. The normalized spacial score (nSPS) is 10.8. The number of hydrogen-bond donors (Lipinski definition) is 6. The Hall–Kier alpha value is -0.320. The maximum absolute atomic E-state index is 5.37. The second kappa shape index (κ2) is 18.7. The molecule has 0 atom stereocenters. The standard InChI is InChI=1S/2C6H18N4/c2*7-1-4-10(5-2-8)6-3-9/h2*1-9H2. The summed E-state index contributed by atoms with van der Waals surface area (Å²) >= 11 is 0. The van der Waals surface area contributed by atoms with Gasteiger partial charge in [-0.1, -0.05) is 0 Å². The molecule has 0 saturated heterocycles. The van der Waals surface area contributed by atoms with Crippen LogP contribution in [0.1, 0.15) is 0 Å². The second-order valence-corrected chi connectivity index (χ2v) is 4.42. The molecule has 0 rings (SSSR count). The van der Waals surface area contributed by atoms with Crippen molar-refractivity contribution in [1.29, 1.82) is 0 Å². The Kier molecular flexibility index (Phi) is 20.5. The third kappa shape index (κ3) is 15.7. The van der Waals surface area contributed by atoms with Gasteiger partial charge in [-0.3, -0.25) is 9.80 Å². The van der Waals surface area contributed by atoms with Crippen molar-refractivity contribution < 1.29 is 0 Å². The van der Waals surface area contributed by atoms with Crippen LogP contribution in [0.25, 0.3) is 0 Å². The molecule has 0 aliphatic carbocycles. The highest BCUT2D eigenvalue weighted by atomic mass is 15.1. The summed E-state index contributed by atoms with van der Waals surface area (Å²) in [7, 11) is 0. The van der Waals surface area contributed by atoms with Gasteiger partial charge >= 0.3 is 0 Å². The number of rotatable bonds is 12. The minimum Gasteiger partial charge on any atom is -0.329 e. The monoisotopic (exact) mass is 292 g/mol. The molecule has 0 unspecified atom stereocenters. The highest BCUT2D eigenvalue weighted by molar-refractivity contribution is 4.59. The maximum atomic E-state index is 5.37. The molecule has 0 saturated carbocycles. The summed E-state index contributed by atoms with van der Waals surface area (Å²) in [5.41, 5.74) is 32.2. The first kappa shape index (κ1) is 22.0. The van der Waals surface area contributed by atoms with Crippen LogP contribution in [0.3, 0.4) is 0 Å². The Morgan fingerprint density at radius 3 is 0.600 bits per heavy atom. The molecule has 0 spiro atoms. The van der Waals surface area contributed by atoms with Crippen molar-refractivity contribution in [3.05, 3.63) is 0 Å². The van der Waals surface area contributed by atoms with Crippen LogP contribution in [-0.4, -0.2) is 88.3 Å². The van der Waals surface area contributed by atoms with Crippen LogP contribution in [-0.2, 0) is 0 Å². The van der Waals surface area contributed by atoms with Gasteiger partial charge in [0.1, 0.15) is 0 Å². The first-order valence-electron chi connectivity index (χ1n) is 7.35. The van der Waals surface area contributed by atoms with Gasteiger partial charge in [0, 0.05) is 78.5 Å². The Morgan fingerprint density at radius 1 is 0.350 bits per heavy atom. The lowest BCUT2D eigenvalue weighted by Gasteiger charge is -2.18. The van der Waals surface area contributed by atoms with Crippen molar-refractivity contribution >= 4 is 0 Å². The molecule has 0 aromatic carbocycles. The van der Waals surface area contributed by atoms with Gasteiger partial charge in [-0.05, 0) is 0 Å². The average molecular weight is 292 g/mol. The average Bonchev–Trinajstić information content (AvgIpc) is 2.41. The van der Waals surface area contributed by atoms with E-state index in [0.29, 0.717) is 39.3 Å². The lowest BCUT2D eigenvalue weighted by molar-refractivity contribution is 0.297. The zero-order valence-electron chi connectivity index (χ0n) is 12.8. The third-order valence-corrected chi connectivity index (χ3v) is 2.67. The summed E-state index contributed by atoms with van der Waals surface area (Å²) in [6, 6.07) is 0. The summed E-state index contributed by atoms with van der Waals surface area (Å²) < 4.78 is 0. The molecule has 124 valence electrons. The highest BCUT2D eigenvalue weighted by Crippen LogP contribution is 1.82. The van der Waals surface area contributed by atoms with Crippen molar-refractivity contribution in [3.63, 3.8) is 0 Å². The highest BCUT2D eigenvalue weighted by Gasteiger charge is 1.99. The number of hydrogen-bond acceptors (Lipinski definition) is 8. The van der Waals surface area contributed by atoms with Gasteiger partial charge in [0.25, 0.3) is 0 Å². The largest absolute Gasteiger partial charge is 0.329 e. The first-order valence-corrected chi connectivity index (χ1v) is 7.35. The molecule has 8 nitrogen and oxygen atoms in total. The smallest absolute Gasteiger partial charge is 0.0106 e. The van der Waals surface area contributed by atoms with Gasteiger partial charge in [-0.15, -0.1) is 0 Å². The molecule has 0 aliphatic heterocycles. The molecule has 0 radical (unpaired) electrons. The van der Waals surface area contributed by atoms with Crippen LogP contribution in [0.15, 0.2) is 0 Å². The van der Waals surface area contributed by atoms with Gasteiger partial charge in [0.15, 0.2) is 0 Å². The Bertz CT molecular complexity index is 123. The van der Waals surface area contributed by atoms with Crippen molar-refractivity contribution in [3.8, 4) is 0 Å². The van der Waals surface area contributed by atoms with E-state index in [-0.39, 0.29) is 0 Å².